The zero-order chi connectivity index (χ0) is 20.2. The summed E-state index contributed by atoms with van der Waals surface area (Å²) in [5.74, 6) is 0.639. The Kier molecular flexibility index (Phi) is 5.94. The molecule has 3 heterocycles. The molecule has 0 unspecified atom stereocenters. The van der Waals surface area contributed by atoms with E-state index in [-0.39, 0.29) is 0 Å². The molecule has 2 aliphatic rings. The lowest BCUT2D eigenvalue weighted by Crippen LogP contribution is -2.44. The van der Waals surface area contributed by atoms with Crippen LogP contribution in [-0.4, -0.2) is 53.3 Å². The van der Waals surface area contributed by atoms with E-state index in [1.54, 1.807) is 12.3 Å². The van der Waals surface area contributed by atoms with E-state index in [1.807, 2.05) is 19.1 Å². The van der Waals surface area contributed by atoms with Gasteiger partial charge in [0.2, 0.25) is 0 Å². The molecule has 2 aromatic heterocycles. The van der Waals surface area contributed by atoms with Crippen molar-refractivity contribution in [1.29, 1.82) is 0 Å². The maximum atomic E-state index is 11.9. The van der Waals surface area contributed by atoms with E-state index in [2.05, 4.69) is 20.5 Å². The first kappa shape index (κ1) is 19.6. The van der Waals surface area contributed by atoms with Crippen LogP contribution in [0.15, 0.2) is 24.4 Å². The van der Waals surface area contributed by atoms with E-state index >= 15 is 0 Å². The normalized spacial score (nSPS) is 17.9. The van der Waals surface area contributed by atoms with Crippen molar-refractivity contribution >= 4 is 17.6 Å². The number of nitrogens with one attached hydrogen (secondary N) is 2. The van der Waals surface area contributed by atoms with Crippen molar-refractivity contribution in [1.82, 2.24) is 15.3 Å². The largest absolute Gasteiger partial charge is 0.478 e. The predicted octanol–water partition coefficient (Wildman–Crippen LogP) is 3.30. The maximum absolute atomic E-state index is 11.9. The summed E-state index contributed by atoms with van der Waals surface area (Å²) in [4.78, 5) is 23.4. The molecule has 0 atom stereocenters. The summed E-state index contributed by atoms with van der Waals surface area (Å²) < 4.78 is 0. The molecular formula is C22H29N5O2. The summed E-state index contributed by atoms with van der Waals surface area (Å²) in [7, 11) is 0. The van der Waals surface area contributed by atoms with E-state index in [0.717, 1.165) is 43.4 Å². The number of carboxylic acids is 1. The fourth-order valence-electron chi connectivity index (χ4n) is 4.27. The third-order valence-electron chi connectivity index (χ3n) is 5.92. The molecule has 3 N–H and O–H groups in total. The fourth-order valence-corrected chi connectivity index (χ4v) is 4.27. The Morgan fingerprint density at radius 3 is 2.69 bits per heavy atom. The minimum Gasteiger partial charge on any atom is -0.478 e. The molecule has 2 fully saturated rings. The highest BCUT2D eigenvalue weighted by molar-refractivity contribution is 5.92. The lowest BCUT2D eigenvalue weighted by Gasteiger charge is -2.29. The van der Waals surface area contributed by atoms with Crippen LogP contribution in [0.2, 0.25) is 0 Å². The van der Waals surface area contributed by atoms with Gasteiger partial charge in [-0.3, -0.25) is 0 Å². The number of hydrogen-bond acceptors (Lipinski definition) is 6. The molecule has 1 saturated carbocycles. The van der Waals surface area contributed by atoms with Gasteiger partial charge in [-0.25, -0.2) is 14.8 Å². The lowest BCUT2D eigenvalue weighted by molar-refractivity contribution is 0.0696. The van der Waals surface area contributed by atoms with Crippen molar-refractivity contribution in [2.75, 3.05) is 36.4 Å². The molecule has 0 aromatic carbocycles. The topological polar surface area (TPSA) is 90.4 Å². The monoisotopic (exact) mass is 395 g/mol. The van der Waals surface area contributed by atoms with Gasteiger partial charge >= 0.3 is 5.97 Å². The standard InChI is InChI=1S/C22H29N5O2/c1-15-18(22(28)29)14-20(27-11-9-23-10-12-27)26-21(15)16-7-8-24-19(13-16)25-17-5-3-2-4-6-17/h7-8,13-14,17,23H,2-6,9-12H2,1H3,(H,24,25)(H,28,29). The molecule has 2 aromatic rings. The molecule has 7 nitrogen and oxygen atoms in total. The van der Waals surface area contributed by atoms with Crippen LogP contribution in [-0.2, 0) is 0 Å². The Morgan fingerprint density at radius 2 is 1.97 bits per heavy atom. The van der Waals surface area contributed by atoms with Gasteiger partial charge in [0.25, 0.3) is 0 Å². The number of pyridine rings is 2. The van der Waals surface area contributed by atoms with Crippen LogP contribution in [0.4, 0.5) is 11.6 Å². The van der Waals surface area contributed by atoms with Crippen LogP contribution in [0.5, 0.6) is 0 Å². The van der Waals surface area contributed by atoms with Crippen molar-refractivity contribution in [3.63, 3.8) is 0 Å². The molecule has 4 rings (SSSR count). The smallest absolute Gasteiger partial charge is 0.336 e. The molecule has 7 heteroatoms. The number of aromatic nitrogens is 2. The van der Waals surface area contributed by atoms with Gasteiger partial charge in [0, 0.05) is 44.0 Å². The number of carbonyl (C=O) groups is 1. The maximum Gasteiger partial charge on any atom is 0.336 e. The first-order valence-electron chi connectivity index (χ1n) is 10.6. The van der Waals surface area contributed by atoms with Crippen molar-refractivity contribution in [2.24, 2.45) is 0 Å². The number of carboxylic acid groups (broad SMARTS) is 1. The molecule has 0 bridgehead atoms. The summed E-state index contributed by atoms with van der Waals surface area (Å²) in [6, 6.07) is 6.07. The molecule has 0 amide bonds. The van der Waals surface area contributed by atoms with Gasteiger partial charge < -0.3 is 20.6 Å². The van der Waals surface area contributed by atoms with Crippen LogP contribution in [0.3, 0.4) is 0 Å². The molecule has 1 aliphatic carbocycles. The van der Waals surface area contributed by atoms with Crippen LogP contribution >= 0.6 is 0 Å². The number of nitrogens with zero attached hydrogens (tertiary/aromatic N) is 3. The molecule has 1 aliphatic heterocycles. The number of anilines is 2. The number of rotatable bonds is 5. The number of piperazine rings is 1. The summed E-state index contributed by atoms with van der Waals surface area (Å²) >= 11 is 0. The first-order chi connectivity index (χ1) is 14.1. The minimum atomic E-state index is -0.919. The Morgan fingerprint density at radius 1 is 1.21 bits per heavy atom. The summed E-state index contributed by atoms with van der Waals surface area (Å²) in [5.41, 5.74) is 2.61. The zero-order valence-corrected chi connectivity index (χ0v) is 16.9. The van der Waals surface area contributed by atoms with Gasteiger partial charge in [-0.2, -0.15) is 0 Å². The Hall–Kier alpha value is -2.67. The number of hydrogen-bond donors (Lipinski definition) is 3. The van der Waals surface area contributed by atoms with Crippen molar-refractivity contribution in [2.45, 2.75) is 45.1 Å². The first-order valence-corrected chi connectivity index (χ1v) is 10.6. The van der Waals surface area contributed by atoms with Gasteiger partial charge in [-0.1, -0.05) is 19.3 Å². The minimum absolute atomic E-state index is 0.308. The van der Waals surface area contributed by atoms with Gasteiger partial charge in [-0.15, -0.1) is 0 Å². The third-order valence-corrected chi connectivity index (χ3v) is 5.92. The van der Waals surface area contributed by atoms with E-state index in [1.165, 1.54) is 32.1 Å². The lowest BCUT2D eigenvalue weighted by atomic mass is 9.95. The highest BCUT2D eigenvalue weighted by Gasteiger charge is 2.20. The van der Waals surface area contributed by atoms with E-state index < -0.39 is 5.97 Å². The molecular weight excluding hydrogens is 366 g/mol. The Balaban J connectivity index is 1.68. The molecule has 0 radical (unpaired) electrons. The van der Waals surface area contributed by atoms with Gasteiger partial charge in [-0.05, 0) is 43.5 Å². The van der Waals surface area contributed by atoms with Crippen molar-refractivity contribution in [3.8, 4) is 11.3 Å². The second-order valence-corrected chi connectivity index (χ2v) is 7.95. The molecule has 154 valence electrons. The van der Waals surface area contributed by atoms with E-state index in [4.69, 9.17) is 4.98 Å². The van der Waals surface area contributed by atoms with E-state index in [0.29, 0.717) is 22.9 Å². The average Bonchev–Trinajstić information content (AvgIpc) is 2.75. The van der Waals surface area contributed by atoms with Gasteiger partial charge in [0.05, 0.1) is 11.3 Å². The summed E-state index contributed by atoms with van der Waals surface area (Å²) in [6.45, 7) is 5.22. The second kappa shape index (κ2) is 8.78. The zero-order valence-electron chi connectivity index (χ0n) is 16.9. The SMILES string of the molecule is Cc1c(C(=O)O)cc(N2CCNCC2)nc1-c1ccnc(NC2CCCCC2)c1. The molecule has 0 spiro atoms. The second-order valence-electron chi connectivity index (χ2n) is 7.95. The van der Waals surface area contributed by atoms with Crippen molar-refractivity contribution < 1.29 is 9.90 Å². The fraction of sp³-hybridized carbons (Fsp3) is 0.500. The quantitative estimate of drug-likeness (QED) is 0.715. The average molecular weight is 396 g/mol. The molecule has 1 saturated heterocycles. The third kappa shape index (κ3) is 4.50. The molecule has 29 heavy (non-hydrogen) atoms. The van der Waals surface area contributed by atoms with E-state index in [9.17, 15) is 9.90 Å². The van der Waals surface area contributed by atoms with Crippen LogP contribution in [0.25, 0.3) is 11.3 Å². The summed E-state index contributed by atoms with van der Waals surface area (Å²) in [6.07, 6.45) is 7.94. The summed E-state index contributed by atoms with van der Waals surface area (Å²) in [5, 5.41) is 16.6. The number of aromatic carboxylic acids is 1. The van der Waals surface area contributed by atoms with Crippen molar-refractivity contribution in [3.05, 3.63) is 35.5 Å². The predicted molar refractivity (Wildman–Crippen MR) is 115 cm³/mol. The highest BCUT2D eigenvalue weighted by Crippen LogP contribution is 2.30. The Bertz CT molecular complexity index is 874. The Labute approximate surface area is 171 Å². The van der Waals surface area contributed by atoms with Crippen LogP contribution < -0.4 is 15.5 Å². The van der Waals surface area contributed by atoms with Gasteiger partial charge in [0.15, 0.2) is 0 Å². The van der Waals surface area contributed by atoms with Crippen LogP contribution in [0, 0.1) is 6.92 Å². The van der Waals surface area contributed by atoms with Gasteiger partial charge in [0.1, 0.15) is 11.6 Å². The van der Waals surface area contributed by atoms with Crippen LogP contribution in [0.1, 0.15) is 48.0 Å². The highest BCUT2D eigenvalue weighted by atomic mass is 16.4.